The molecule has 0 spiro atoms. The van der Waals surface area contributed by atoms with Crippen LogP contribution < -0.4 is 5.32 Å². The molecule has 3 nitrogen and oxygen atoms in total. The SMILES string of the molecule is CNCC1CCCCN1C(=O)c1cccc(C)c1F. The van der Waals surface area contributed by atoms with Crippen molar-refractivity contribution < 1.29 is 9.18 Å². The van der Waals surface area contributed by atoms with E-state index in [9.17, 15) is 9.18 Å². The van der Waals surface area contributed by atoms with Gasteiger partial charge in [0.05, 0.1) is 5.56 Å². The first kappa shape index (κ1) is 14.0. The van der Waals surface area contributed by atoms with Gasteiger partial charge in [-0.1, -0.05) is 12.1 Å². The Labute approximate surface area is 113 Å². The number of amides is 1. The summed E-state index contributed by atoms with van der Waals surface area (Å²) in [4.78, 5) is 14.3. The van der Waals surface area contributed by atoms with Crippen molar-refractivity contribution in [2.45, 2.75) is 32.2 Å². The summed E-state index contributed by atoms with van der Waals surface area (Å²) in [5.41, 5.74) is 0.719. The zero-order chi connectivity index (χ0) is 13.8. The number of hydrogen-bond donors (Lipinski definition) is 1. The van der Waals surface area contributed by atoms with Gasteiger partial charge in [0.2, 0.25) is 0 Å². The van der Waals surface area contributed by atoms with Crippen LogP contribution in [-0.2, 0) is 0 Å². The predicted molar refractivity (Wildman–Crippen MR) is 73.7 cm³/mol. The first-order valence-corrected chi connectivity index (χ1v) is 6.86. The molecule has 1 saturated heterocycles. The lowest BCUT2D eigenvalue weighted by Crippen LogP contribution is -2.48. The summed E-state index contributed by atoms with van der Waals surface area (Å²) in [6, 6.07) is 5.18. The number of rotatable bonds is 3. The van der Waals surface area contributed by atoms with Crippen LogP contribution in [0.15, 0.2) is 18.2 Å². The highest BCUT2D eigenvalue weighted by molar-refractivity contribution is 5.95. The van der Waals surface area contributed by atoms with Crippen LogP contribution in [0.1, 0.15) is 35.2 Å². The van der Waals surface area contributed by atoms with Gasteiger partial charge in [-0.3, -0.25) is 4.79 Å². The molecule has 0 aromatic heterocycles. The largest absolute Gasteiger partial charge is 0.334 e. The predicted octanol–water partition coefficient (Wildman–Crippen LogP) is 2.35. The minimum atomic E-state index is -0.388. The maximum atomic E-state index is 14.1. The van der Waals surface area contributed by atoms with Gasteiger partial charge in [-0.15, -0.1) is 0 Å². The Morgan fingerprint density at radius 1 is 1.47 bits per heavy atom. The van der Waals surface area contributed by atoms with Gasteiger partial charge < -0.3 is 10.2 Å². The Hall–Kier alpha value is -1.42. The number of nitrogens with zero attached hydrogens (tertiary/aromatic N) is 1. The first-order chi connectivity index (χ1) is 9.15. The molecular weight excluding hydrogens is 243 g/mol. The number of likely N-dealkylation sites (tertiary alicyclic amines) is 1. The number of nitrogens with one attached hydrogen (secondary N) is 1. The average Bonchev–Trinajstić information content (AvgIpc) is 2.42. The van der Waals surface area contributed by atoms with Crippen molar-refractivity contribution in [2.75, 3.05) is 20.1 Å². The summed E-state index contributed by atoms with van der Waals surface area (Å²) in [6.45, 7) is 3.17. The third kappa shape index (κ3) is 2.95. The molecule has 0 saturated carbocycles. The van der Waals surface area contributed by atoms with Crippen LogP contribution in [0.2, 0.25) is 0 Å². The van der Waals surface area contributed by atoms with E-state index in [4.69, 9.17) is 0 Å². The van der Waals surface area contributed by atoms with Gasteiger partial charge in [0.15, 0.2) is 0 Å². The van der Waals surface area contributed by atoms with E-state index in [0.717, 1.165) is 32.4 Å². The van der Waals surface area contributed by atoms with Crippen molar-refractivity contribution in [1.82, 2.24) is 10.2 Å². The van der Waals surface area contributed by atoms with Crippen molar-refractivity contribution in [3.63, 3.8) is 0 Å². The van der Waals surface area contributed by atoms with Crippen LogP contribution in [0, 0.1) is 12.7 Å². The number of carbonyl (C=O) groups is 1. The van der Waals surface area contributed by atoms with E-state index in [2.05, 4.69) is 5.32 Å². The van der Waals surface area contributed by atoms with Crippen LogP contribution in [0.5, 0.6) is 0 Å². The van der Waals surface area contributed by atoms with Crippen molar-refractivity contribution in [3.8, 4) is 0 Å². The van der Waals surface area contributed by atoms with Crippen molar-refractivity contribution in [1.29, 1.82) is 0 Å². The lowest BCUT2D eigenvalue weighted by atomic mass is 10.00. The summed E-state index contributed by atoms with van der Waals surface area (Å²) in [6.07, 6.45) is 3.12. The smallest absolute Gasteiger partial charge is 0.257 e. The number of likely N-dealkylation sites (N-methyl/N-ethyl adjacent to an activating group) is 1. The van der Waals surface area contributed by atoms with E-state index in [1.54, 1.807) is 25.1 Å². The van der Waals surface area contributed by atoms with Gasteiger partial charge in [-0.25, -0.2) is 4.39 Å². The molecule has 0 radical (unpaired) electrons. The fourth-order valence-corrected chi connectivity index (χ4v) is 2.68. The number of aryl methyl sites for hydroxylation is 1. The standard InChI is InChI=1S/C15H21FN2O/c1-11-6-5-8-13(14(11)16)15(19)18-9-4-3-7-12(18)10-17-2/h5-6,8,12,17H,3-4,7,9-10H2,1-2H3. The molecule has 1 atom stereocenters. The summed E-state index contributed by atoms with van der Waals surface area (Å²) in [5, 5.41) is 3.11. The number of halogens is 1. The third-order valence-corrected chi connectivity index (χ3v) is 3.75. The molecule has 1 aliphatic rings. The normalized spacial score (nSPS) is 19.5. The van der Waals surface area contributed by atoms with Gasteiger partial charge in [-0.2, -0.15) is 0 Å². The Kier molecular flexibility index (Phi) is 4.53. The van der Waals surface area contributed by atoms with E-state index in [1.165, 1.54) is 0 Å². The molecule has 0 aliphatic carbocycles. The quantitative estimate of drug-likeness (QED) is 0.909. The number of piperidine rings is 1. The van der Waals surface area contributed by atoms with E-state index in [1.807, 2.05) is 11.9 Å². The number of carbonyl (C=O) groups excluding carboxylic acids is 1. The zero-order valence-electron chi connectivity index (χ0n) is 11.6. The minimum absolute atomic E-state index is 0.172. The van der Waals surface area contributed by atoms with E-state index >= 15 is 0 Å². The first-order valence-electron chi connectivity index (χ1n) is 6.86. The second-order valence-corrected chi connectivity index (χ2v) is 5.14. The van der Waals surface area contributed by atoms with Gasteiger partial charge >= 0.3 is 0 Å². The zero-order valence-corrected chi connectivity index (χ0v) is 11.6. The fourth-order valence-electron chi connectivity index (χ4n) is 2.68. The molecule has 1 unspecified atom stereocenters. The summed E-state index contributed by atoms with van der Waals surface area (Å²) in [7, 11) is 1.88. The lowest BCUT2D eigenvalue weighted by molar-refractivity contribution is 0.0610. The van der Waals surface area contributed by atoms with Crippen LogP contribution in [-0.4, -0.2) is 37.0 Å². The maximum absolute atomic E-state index is 14.1. The third-order valence-electron chi connectivity index (χ3n) is 3.75. The molecule has 1 N–H and O–H groups in total. The van der Waals surface area contributed by atoms with Crippen LogP contribution >= 0.6 is 0 Å². The van der Waals surface area contributed by atoms with Crippen molar-refractivity contribution in [3.05, 3.63) is 35.1 Å². The van der Waals surface area contributed by atoms with Crippen LogP contribution in [0.3, 0.4) is 0 Å². The molecule has 2 rings (SSSR count). The van der Waals surface area contributed by atoms with Gasteiger partial charge in [0.1, 0.15) is 5.82 Å². The average molecular weight is 264 g/mol. The minimum Gasteiger partial charge on any atom is -0.334 e. The highest BCUT2D eigenvalue weighted by Gasteiger charge is 2.28. The fraction of sp³-hybridized carbons (Fsp3) is 0.533. The topological polar surface area (TPSA) is 32.3 Å². The molecule has 1 heterocycles. The molecule has 1 aliphatic heterocycles. The highest BCUT2D eigenvalue weighted by Crippen LogP contribution is 2.21. The number of benzene rings is 1. The maximum Gasteiger partial charge on any atom is 0.257 e. The summed E-state index contributed by atoms with van der Waals surface area (Å²) >= 11 is 0. The monoisotopic (exact) mass is 264 g/mol. The van der Waals surface area contributed by atoms with Crippen molar-refractivity contribution >= 4 is 5.91 Å². The van der Waals surface area contributed by atoms with E-state index < -0.39 is 0 Å². The van der Waals surface area contributed by atoms with Gasteiger partial charge in [0.25, 0.3) is 5.91 Å². The molecule has 1 aromatic carbocycles. The molecular formula is C15H21FN2O. The van der Waals surface area contributed by atoms with Gasteiger partial charge in [-0.05, 0) is 44.9 Å². The Morgan fingerprint density at radius 2 is 2.26 bits per heavy atom. The molecule has 0 bridgehead atoms. The molecule has 4 heteroatoms. The summed E-state index contributed by atoms with van der Waals surface area (Å²) in [5.74, 6) is -0.567. The van der Waals surface area contributed by atoms with Crippen molar-refractivity contribution in [2.24, 2.45) is 0 Å². The summed E-state index contributed by atoms with van der Waals surface area (Å²) < 4.78 is 14.1. The lowest BCUT2D eigenvalue weighted by Gasteiger charge is -2.36. The Bertz CT molecular complexity index is 459. The number of hydrogen-bond acceptors (Lipinski definition) is 2. The molecule has 104 valence electrons. The van der Waals surface area contributed by atoms with Crippen LogP contribution in [0.4, 0.5) is 4.39 Å². The Balaban J connectivity index is 2.23. The second-order valence-electron chi connectivity index (χ2n) is 5.14. The molecule has 1 amide bonds. The Morgan fingerprint density at radius 3 is 3.00 bits per heavy atom. The van der Waals surface area contributed by atoms with Gasteiger partial charge in [0, 0.05) is 19.1 Å². The molecule has 1 aromatic rings. The highest BCUT2D eigenvalue weighted by atomic mass is 19.1. The van der Waals surface area contributed by atoms with Crippen LogP contribution in [0.25, 0.3) is 0 Å². The molecule has 19 heavy (non-hydrogen) atoms. The van der Waals surface area contributed by atoms with E-state index in [0.29, 0.717) is 5.56 Å². The molecule has 1 fully saturated rings. The van der Waals surface area contributed by atoms with E-state index in [-0.39, 0.29) is 23.3 Å². The second kappa shape index (κ2) is 6.15.